The summed E-state index contributed by atoms with van der Waals surface area (Å²) in [6.07, 6.45) is 0.0830. The van der Waals surface area contributed by atoms with Crippen LogP contribution in [0.1, 0.15) is 20.3 Å². The van der Waals surface area contributed by atoms with Gasteiger partial charge in [-0.15, -0.1) is 0 Å². The van der Waals surface area contributed by atoms with Crippen LogP contribution in [0.5, 0.6) is 0 Å². The monoisotopic (exact) mass is 197 g/mol. The summed E-state index contributed by atoms with van der Waals surface area (Å²) >= 11 is 0. The first-order valence-corrected chi connectivity index (χ1v) is 5.12. The van der Waals surface area contributed by atoms with Crippen molar-refractivity contribution in [3.8, 4) is 0 Å². The molecule has 0 fully saturated rings. The molecule has 12 heavy (non-hydrogen) atoms. The summed E-state index contributed by atoms with van der Waals surface area (Å²) in [5, 5.41) is 0. The summed E-state index contributed by atoms with van der Waals surface area (Å²) < 4.78 is 35.3. The van der Waals surface area contributed by atoms with Crippen LogP contribution in [0.3, 0.4) is 0 Å². The zero-order chi connectivity index (χ0) is 9.83. The minimum Gasteiger partial charge on any atom is -0.357 e. The summed E-state index contributed by atoms with van der Waals surface area (Å²) in [5.74, 6) is 0. The van der Waals surface area contributed by atoms with Gasteiger partial charge < -0.3 is 10.5 Å². The molecule has 0 rings (SSSR count). The van der Waals surface area contributed by atoms with Gasteiger partial charge in [0, 0.05) is 13.0 Å². The molecular weight excluding hydrogens is 182 g/mol. The first-order chi connectivity index (χ1) is 5.37. The predicted molar refractivity (Wildman–Crippen MR) is 45.3 cm³/mol. The standard InChI is InChI=1S/C6H15NO4S/c1-3-11-6(2,4-5-7)12(8,9)10/h3-5,7H2,1-2H3,(H,8,9,10). The summed E-state index contributed by atoms with van der Waals surface area (Å²) in [6, 6.07) is 0. The van der Waals surface area contributed by atoms with E-state index in [1.54, 1.807) is 6.92 Å². The molecule has 0 heterocycles. The molecule has 0 saturated heterocycles. The number of hydrogen-bond donors (Lipinski definition) is 2. The number of rotatable bonds is 5. The van der Waals surface area contributed by atoms with Crippen LogP contribution < -0.4 is 5.73 Å². The SMILES string of the molecule is CCOC(C)(CCN)S(=O)(=O)O. The van der Waals surface area contributed by atoms with Gasteiger partial charge in [-0.1, -0.05) is 0 Å². The van der Waals surface area contributed by atoms with Crippen LogP contribution in [0.25, 0.3) is 0 Å². The number of hydrogen-bond acceptors (Lipinski definition) is 4. The molecule has 0 saturated carbocycles. The molecule has 0 aliphatic carbocycles. The van der Waals surface area contributed by atoms with Crippen LogP contribution in [0.15, 0.2) is 0 Å². The lowest BCUT2D eigenvalue weighted by molar-refractivity contribution is 0.0288. The zero-order valence-electron chi connectivity index (χ0n) is 7.28. The largest absolute Gasteiger partial charge is 0.357 e. The Morgan fingerprint density at radius 3 is 2.33 bits per heavy atom. The first-order valence-electron chi connectivity index (χ1n) is 3.68. The van der Waals surface area contributed by atoms with E-state index in [4.69, 9.17) is 15.0 Å². The van der Waals surface area contributed by atoms with Crippen molar-refractivity contribution in [3.63, 3.8) is 0 Å². The third-order valence-corrected chi connectivity index (χ3v) is 3.01. The fraction of sp³-hybridized carbons (Fsp3) is 1.00. The first kappa shape index (κ1) is 11.8. The van der Waals surface area contributed by atoms with Gasteiger partial charge in [0.15, 0.2) is 4.93 Å². The van der Waals surface area contributed by atoms with Crippen molar-refractivity contribution in [2.24, 2.45) is 5.73 Å². The second-order valence-electron chi connectivity index (χ2n) is 2.58. The Kier molecular flexibility index (Phi) is 4.12. The molecule has 0 bridgehead atoms. The molecule has 74 valence electrons. The molecule has 1 atom stereocenters. The van der Waals surface area contributed by atoms with Crippen molar-refractivity contribution in [2.75, 3.05) is 13.2 Å². The second kappa shape index (κ2) is 4.18. The maximum atomic E-state index is 10.8. The molecule has 3 N–H and O–H groups in total. The quantitative estimate of drug-likeness (QED) is 0.604. The fourth-order valence-electron chi connectivity index (χ4n) is 0.843. The highest BCUT2D eigenvalue weighted by Gasteiger charge is 2.37. The van der Waals surface area contributed by atoms with E-state index in [0.29, 0.717) is 0 Å². The van der Waals surface area contributed by atoms with E-state index in [2.05, 4.69) is 0 Å². The van der Waals surface area contributed by atoms with Gasteiger partial charge in [-0.25, -0.2) is 0 Å². The van der Waals surface area contributed by atoms with Crippen LogP contribution in [0.4, 0.5) is 0 Å². The van der Waals surface area contributed by atoms with Crippen LogP contribution in [-0.2, 0) is 14.9 Å². The molecule has 0 radical (unpaired) electrons. The van der Waals surface area contributed by atoms with Crippen molar-refractivity contribution in [3.05, 3.63) is 0 Å². The summed E-state index contributed by atoms with van der Waals surface area (Å²) in [5.41, 5.74) is 5.19. The minimum atomic E-state index is -4.19. The minimum absolute atomic E-state index is 0.0830. The number of ether oxygens (including phenoxy) is 1. The Bertz CT molecular complexity index is 218. The molecular formula is C6H15NO4S. The van der Waals surface area contributed by atoms with Gasteiger partial charge in [0.1, 0.15) is 0 Å². The Labute approximate surface area is 72.6 Å². The molecule has 0 aromatic rings. The normalized spacial score (nSPS) is 17.3. The van der Waals surface area contributed by atoms with Crippen LogP contribution in [0, 0.1) is 0 Å². The molecule has 1 unspecified atom stereocenters. The summed E-state index contributed by atoms with van der Waals surface area (Å²) in [4.78, 5) is -1.56. The maximum absolute atomic E-state index is 10.8. The van der Waals surface area contributed by atoms with E-state index in [9.17, 15) is 8.42 Å². The van der Waals surface area contributed by atoms with E-state index in [0.717, 1.165) is 0 Å². The van der Waals surface area contributed by atoms with E-state index >= 15 is 0 Å². The molecule has 0 spiro atoms. The summed E-state index contributed by atoms with van der Waals surface area (Å²) in [6.45, 7) is 3.32. The van der Waals surface area contributed by atoms with Crippen molar-refractivity contribution in [1.82, 2.24) is 0 Å². The van der Waals surface area contributed by atoms with Crippen LogP contribution >= 0.6 is 0 Å². The van der Waals surface area contributed by atoms with E-state index in [-0.39, 0.29) is 19.6 Å². The van der Waals surface area contributed by atoms with Gasteiger partial charge >= 0.3 is 0 Å². The second-order valence-corrected chi connectivity index (χ2v) is 4.39. The Hall–Kier alpha value is -0.170. The van der Waals surface area contributed by atoms with Crippen molar-refractivity contribution >= 4 is 10.1 Å². The Morgan fingerprint density at radius 1 is 1.58 bits per heavy atom. The van der Waals surface area contributed by atoms with Crippen molar-refractivity contribution < 1.29 is 17.7 Å². The highest BCUT2D eigenvalue weighted by Crippen LogP contribution is 2.20. The van der Waals surface area contributed by atoms with E-state index in [1.165, 1.54) is 6.92 Å². The number of nitrogens with two attached hydrogens (primary N) is 1. The topological polar surface area (TPSA) is 89.6 Å². The summed E-state index contributed by atoms with van der Waals surface area (Å²) in [7, 11) is -4.19. The molecule has 6 heteroatoms. The predicted octanol–water partition coefficient (Wildman–Crippen LogP) is -0.0243. The van der Waals surface area contributed by atoms with Crippen molar-refractivity contribution in [2.45, 2.75) is 25.2 Å². The van der Waals surface area contributed by atoms with Gasteiger partial charge in [0.2, 0.25) is 0 Å². The lowest BCUT2D eigenvalue weighted by atomic mass is 10.3. The van der Waals surface area contributed by atoms with Gasteiger partial charge in [-0.2, -0.15) is 8.42 Å². The molecule has 0 aliphatic heterocycles. The van der Waals surface area contributed by atoms with Gasteiger partial charge in [-0.05, 0) is 20.4 Å². The third-order valence-electron chi connectivity index (χ3n) is 1.59. The van der Waals surface area contributed by atoms with Gasteiger partial charge in [0.05, 0.1) is 0 Å². The maximum Gasteiger partial charge on any atom is 0.294 e. The lowest BCUT2D eigenvalue weighted by Crippen LogP contribution is -2.40. The molecule has 0 aromatic carbocycles. The average Bonchev–Trinajstić information content (AvgIpc) is 1.86. The molecule has 5 nitrogen and oxygen atoms in total. The zero-order valence-corrected chi connectivity index (χ0v) is 8.10. The fourth-order valence-corrected chi connectivity index (χ4v) is 1.49. The van der Waals surface area contributed by atoms with Gasteiger partial charge in [-0.3, -0.25) is 4.55 Å². The third kappa shape index (κ3) is 2.71. The highest BCUT2D eigenvalue weighted by atomic mass is 32.2. The van der Waals surface area contributed by atoms with E-state index in [1.807, 2.05) is 0 Å². The van der Waals surface area contributed by atoms with Crippen LogP contribution in [-0.4, -0.2) is 31.1 Å². The smallest absolute Gasteiger partial charge is 0.294 e. The highest BCUT2D eigenvalue weighted by molar-refractivity contribution is 7.87. The lowest BCUT2D eigenvalue weighted by Gasteiger charge is -2.25. The van der Waals surface area contributed by atoms with E-state index < -0.39 is 15.1 Å². The molecule has 0 aliphatic rings. The van der Waals surface area contributed by atoms with Crippen molar-refractivity contribution in [1.29, 1.82) is 0 Å². The Morgan fingerprint density at radius 2 is 2.08 bits per heavy atom. The molecule has 0 amide bonds. The van der Waals surface area contributed by atoms with Gasteiger partial charge in [0.25, 0.3) is 10.1 Å². The molecule has 0 aromatic heterocycles. The Balaban J connectivity index is 4.62. The average molecular weight is 197 g/mol. The van der Waals surface area contributed by atoms with Crippen LogP contribution in [0.2, 0.25) is 0 Å².